The molecule has 0 atom stereocenters. The molecular formula is C22H15FN2O3. The number of benzene rings is 2. The number of hydrogen-bond acceptors (Lipinski definition) is 5. The van der Waals surface area contributed by atoms with Crippen LogP contribution < -0.4 is 14.4 Å². The summed E-state index contributed by atoms with van der Waals surface area (Å²) in [6.45, 7) is 0.838. The van der Waals surface area contributed by atoms with Crippen molar-refractivity contribution in [1.29, 1.82) is 0 Å². The van der Waals surface area contributed by atoms with Crippen molar-refractivity contribution in [3.8, 4) is 11.5 Å². The SMILES string of the molecule is O=C1/C(=C/c2ccncc2)Oc2c1ccc1c2CN(c2ccc(F)cc2)CO1. The van der Waals surface area contributed by atoms with E-state index in [2.05, 4.69) is 4.98 Å². The molecule has 5 nitrogen and oxygen atoms in total. The van der Waals surface area contributed by atoms with Gasteiger partial charge in [0.1, 0.15) is 17.3 Å². The van der Waals surface area contributed by atoms with Gasteiger partial charge in [-0.25, -0.2) is 4.39 Å². The molecule has 2 aliphatic rings. The first kappa shape index (κ1) is 16.5. The third kappa shape index (κ3) is 2.79. The largest absolute Gasteiger partial charge is 0.473 e. The normalized spacial score (nSPS) is 16.4. The lowest BCUT2D eigenvalue weighted by Crippen LogP contribution is -2.32. The average Bonchev–Trinajstić information content (AvgIpc) is 3.05. The standard InChI is InChI=1S/C22H15FN2O3/c23-15-1-3-16(4-2-15)25-12-18-19(27-13-25)6-5-17-21(26)20(28-22(17)18)11-14-7-9-24-10-8-14/h1-11H,12-13H2/b20-11-. The first-order chi connectivity index (χ1) is 13.7. The molecule has 0 saturated carbocycles. The van der Waals surface area contributed by atoms with Crippen LogP contribution in [0.25, 0.3) is 6.08 Å². The van der Waals surface area contributed by atoms with Gasteiger partial charge in [-0.15, -0.1) is 0 Å². The Morgan fingerprint density at radius 3 is 2.61 bits per heavy atom. The van der Waals surface area contributed by atoms with E-state index in [-0.39, 0.29) is 17.4 Å². The minimum Gasteiger partial charge on any atom is -0.473 e. The molecule has 6 heteroatoms. The molecule has 0 unspecified atom stereocenters. The van der Waals surface area contributed by atoms with Crippen LogP contribution in [0.3, 0.4) is 0 Å². The van der Waals surface area contributed by atoms with Crippen molar-refractivity contribution < 1.29 is 18.7 Å². The summed E-state index contributed by atoms with van der Waals surface area (Å²) in [4.78, 5) is 18.7. The van der Waals surface area contributed by atoms with E-state index in [9.17, 15) is 9.18 Å². The highest BCUT2D eigenvalue weighted by molar-refractivity contribution is 6.15. The number of Topliss-reactive ketones (excluding diaryl/α,β-unsaturated/α-hetero) is 1. The molecule has 0 N–H and O–H groups in total. The third-order valence-corrected chi connectivity index (χ3v) is 4.82. The summed E-state index contributed by atoms with van der Waals surface area (Å²) in [5, 5.41) is 0. The number of halogens is 1. The van der Waals surface area contributed by atoms with Crippen LogP contribution in [-0.4, -0.2) is 17.5 Å². The summed E-state index contributed by atoms with van der Waals surface area (Å²) in [7, 11) is 0. The van der Waals surface area contributed by atoms with E-state index in [1.54, 1.807) is 42.7 Å². The topological polar surface area (TPSA) is 51.7 Å². The number of fused-ring (bicyclic) bond motifs is 3. The van der Waals surface area contributed by atoms with Gasteiger partial charge in [0, 0.05) is 18.1 Å². The molecule has 0 aliphatic carbocycles. The van der Waals surface area contributed by atoms with Crippen LogP contribution >= 0.6 is 0 Å². The van der Waals surface area contributed by atoms with Crippen LogP contribution in [0.5, 0.6) is 11.5 Å². The molecule has 1 aromatic heterocycles. The summed E-state index contributed by atoms with van der Waals surface area (Å²) < 4.78 is 25.0. The molecule has 5 rings (SSSR count). The quantitative estimate of drug-likeness (QED) is 0.630. The van der Waals surface area contributed by atoms with E-state index in [0.29, 0.717) is 30.3 Å². The molecule has 0 saturated heterocycles. The Hall–Kier alpha value is -3.67. The summed E-state index contributed by atoms with van der Waals surface area (Å²) in [6, 6.07) is 13.4. The van der Waals surface area contributed by atoms with Gasteiger partial charge in [0.05, 0.1) is 17.7 Å². The number of pyridine rings is 1. The van der Waals surface area contributed by atoms with Gasteiger partial charge in [-0.1, -0.05) is 0 Å². The maximum absolute atomic E-state index is 13.2. The Morgan fingerprint density at radius 1 is 1.04 bits per heavy atom. The average molecular weight is 374 g/mol. The molecule has 2 aliphatic heterocycles. The monoisotopic (exact) mass is 374 g/mol. The lowest BCUT2D eigenvalue weighted by Gasteiger charge is -2.31. The molecule has 0 amide bonds. The Bertz CT molecular complexity index is 1090. The molecule has 0 radical (unpaired) electrons. The summed E-state index contributed by atoms with van der Waals surface area (Å²) in [5.74, 6) is 1.04. The van der Waals surface area contributed by atoms with Crippen LogP contribution in [0.15, 0.2) is 66.7 Å². The van der Waals surface area contributed by atoms with Crippen molar-refractivity contribution >= 4 is 17.5 Å². The van der Waals surface area contributed by atoms with E-state index < -0.39 is 0 Å². The maximum Gasteiger partial charge on any atom is 0.231 e. The van der Waals surface area contributed by atoms with Crippen LogP contribution in [-0.2, 0) is 6.54 Å². The molecule has 28 heavy (non-hydrogen) atoms. The predicted molar refractivity (Wildman–Crippen MR) is 102 cm³/mol. The highest BCUT2D eigenvalue weighted by atomic mass is 19.1. The first-order valence-electron chi connectivity index (χ1n) is 8.82. The lowest BCUT2D eigenvalue weighted by molar-refractivity contribution is 0.101. The number of ether oxygens (including phenoxy) is 2. The van der Waals surface area contributed by atoms with Gasteiger partial charge in [0.25, 0.3) is 0 Å². The van der Waals surface area contributed by atoms with Crippen molar-refractivity contribution in [3.05, 3.63) is 89.2 Å². The Labute approximate surface area is 160 Å². The zero-order valence-corrected chi connectivity index (χ0v) is 14.8. The molecule has 0 bridgehead atoms. The molecule has 2 aromatic carbocycles. The minimum atomic E-state index is -0.289. The Kier molecular flexibility index (Phi) is 3.83. The van der Waals surface area contributed by atoms with Crippen LogP contribution in [0.2, 0.25) is 0 Å². The number of carbonyl (C=O) groups excluding carboxylic acids is 1. The molecule has 3 aromatic rings. The van der Waals surface area contributed by atoms with Crippen molar-refractivity contribution in [2.45, 2.75) is 6.54 Å². The second-order valence-electron chi connectivity index (χ2n) is 6.59. The lowest BCUT2D eigenvalue weighted by atomic mass is 10.0. The minimum absolute atomic E-state index is 0.159. The number of nitrogens with zero attached hydrogens (tertiary/aromatic N) is 2. The molecule has 0 spiro atoms. The van der Waals surface area contributed by atoms with Gasteiger partial charge >= 0.3 is 0 Å². The Balaban J connectivity index is 1.49. The van der Waals surface area contributed by atoms with Crippen LogP contribution in [0.1, 0.15) is 21.5 Å². The molecule has 138 valence electrons. The number of hydrogen-bond donors (Lipinski definition) is 0. The second-order valence-corrected chi connectivity index (χ2v) is 6.59. The number of allylic oxidation sites excluding steroid dienone is 1. The number of aromatic nitrogens is 1. The Morgan fingerprint density at radius 2 is 1.82 bits per heavy atom. The number of carbonyl (C=O) groups is 1. The van der Waals surface area contributed by atoms with Crippen LogP contribution in [0.4, 0.5) is 10.1 Å². The van der Waals surface area contributed by atoms with Crippen molar-refractivity contribution in [1.82, 2.24) is 4.98 Å². The van der Waals surface area contributed by atoms with Gasteiger partial charge in [-0.3, -0.25) is 9.78 Å². The smallest absolute Gasteiger partial charge is 0.231 e. The number of rotatable bonds is 2. The van der Waals surface area contributed by atoms with E-state index in [1.165, 1.54) is 12.1 Å². The fourth-order valence-corrected chi connectivity index (χ4v) is 3.39. The van der Waals surface area contributed by atoms with Crippen molar-refractivity contribution in [2.24, 2.45) is 0 Å². The zero-order chi connectivity index (χ0) is 19.1. The van der Waals surface area contributed by atoms with Gasteiger partial charge in [0.15, 0.2) is 12.5 Å². The predicted octanol–water partition coefficient (Wildman–Crippen LogP) is 4.19. The highest BCUT2D eigenvalue weighted by Crippen LogP contribution is 2.42. The molecular weight excluding hydrogens is 359 g/mol. The fraction of sp³-hybridized carbons (Fsp3) is 0.0909. The van der Waals surface area contributed by atoms with E-state index in [1.807, 2.05) is 17.0 Å². The van der Waals surface area contributed by atoms with Gasteiger partial charge in [-0.05, 0) is 60.2 Å². The van der Waals surface area contributed by atoms with E-state index >= 15 is 0 Å². The van der Waals surface area contributed by atoms with Crippen LogP contribution in [0, 0.1) is 5.82 Å². The van der Waals surface area contributed by atoms with Gasteiger partial charge in [0.2, 0.25) is 5.78 Å². The molecule has 0 fully saturated rings. The summed E-state index contributed by atoms with van der Waals surface area (Å²) in [6.07, 6.45) is 5.03. The number of anilines is 1. The van der Waals surface area contributed by atoms with Gasteiger partial charge in [-0.2, -0.15) is 0 Å². The second kappa shape index (κ2) is 6.49. The van der Waals surface area contributed by atoms with Gasteiger partial charge < -0.3 is 14.4 Å². The third-order valence-electron chi connectivity index (χ3n) is 4.82. The first-order valence-corrected chi connectivity index (χ1v) is 8.82. The summed E-state index contributed by atoms with van der Waals surface area (Å²) in [5.41, 5.74) is 2.99. The maximum atomic E-state index is 13.2. The molecule has 3 heterocycles. The zero-order valence-electron chi connectivity index (χ0n) is 14.8. The summed E-state index contributed by atoms with van der Waals surface area (Å²) >= 11 is 0. The van der Waals surface area contributed by atoms with Crippen molar-refractivity contribution in [3.63, 3.8) is 0 Å². The number of ketones is 1. The van der Waals surface area contributed by atoms with E-state index in [4.69, 9.17) is 9.47 Å². The van der Waals surface area contributed by atoms with Crippen molar-refractivity contribution in [2.75, 3.05) is 11.6 Å². The fourth-order valence-electron chi connectivity index (χ4n) is 3.39. The highest BCUT2D eigenvalue weighted by Gasteiger charge is 2.33. The van der Waals surface area contributed by atoms with E-state index in [0.717, 1.165) is 16.8 Å².